The number of rotatable bonds is 2. The van der Waals surface area contributed by atoms with Gasteiger partial charge >= 0.3 is 0 Å². The van der Waals surface area contributed by atoms with Crippen molar-refractivity contribution in [1.29, 1.82) is 0 Å². The quantitative estimate of drug-likeness (QED) is 0.606. The van der Waals surface area contributed by atoms with Crippen molar-refractivity contribution < 1.29 is 0 Å². The second-order valence-electron chi connectivity index (χ2n) is 5.43. The Balaban J connectivity index is 0.000000829. The molecule has 0 N–H and O–H groups in total. The number of nitrogens with zero attached hydrogens (tertiary/aromatic N) is 1. The Labute approximate surface area is 127 Å². The molecule has 0 amide bonds. The van der Waals surface area contributed by atoms with Gasteiger partial charge in [0.25, 0.3) is 0 Å². The van der Waals surface area contributed by atoms with Gasteiger partial charge in [-0.3, -0.25) is 0 Å². The van der Waals surface area contributed by atoms with Gasteiger partial charge in [0.2, 0.25) is 0 Å². The molecule has 1 aliphatic heterocycles. The highest BCUT2D eigenvalue weighted by molar-refractivity contribution is 5.39. The van der Waals surface area contributed by atoms with Crippen LogP contribution in [0.2, 0.25) is 0 Å². The van der Waals surface area contributed by atoms with Crippen LogP contribution in [0.3, 0.4) is 0 Å². The average molecular weight is 277 g/mol. The standard InChI is InChI=1S/C15H23N.2C2H6/c1-5-13-11-15(14(6-2)12(13)3)7-9-16(4)10-8-15;2*1-2/h5-6,13H,1-2,7-11H2,3-4H3;2*1-2H3. The van der Waals surface area contributed by atoms with Gasteiger partial charge in [0.15, 0.2) is 0 Å². The number of piperidine rings is 1. The first-order valence-corrected chi connectivity index (χ1v) is 8.28. The summed E-state index contributed by atoms with van der Waals surface area (Å²) in [5, 5.41) is 0. The second kappa shape index (κ2) is 9.18. The van der Waals surface area contributed by atoms with Gasteiger partial charge in [0, 0.05) is 0 Å². The zero-order valence-electron chi connectivity index (χ0n) is 14.6. The smallest absolute Gasteiger partial charge is 0.00133 e. The monoisotopic (exact) mass is 277 g/mol. The second-order valence-corrected chi connectivity index (χ2v) is 5.43. The van der Waals surface area contributed by atoms with Crippen LogP contribution in [0.25, 0.3) is 0 Å². The van der Waals surface area contributed by atoms with Crippen LogP contribution in [0, 0.1) is 11.3 Å². The van der Waals surface area contributed by atoms with Crippen molar-refractivity contribution in [2.24, 2.45) is 11.3 Å². The molecule has 1 heteroatoms. The Bertz CT molecular complexity index is 330. The maximum atomic E-state index is 4.02. The first-order valence-electron chi connectivity index (χ1n) is 8.28. The molecule has 1 nitrogen and oxygen atoms in total. The lowest BCUT2D eigenvalue weighted by Crippen LogP contribution is -2.37. The lowest BCUT2D eigenvalue weighted by molar-refractivity contribution is 0.152. The van der Waals surface area contributed by atoms with Crippen LogP contribution in [0.4, 0.5) is 0 Å². The molecule has 1 fully saturated rings. The van der Waals surface area contributed by atoms with Crippen LogP contribution in [-0.4, -0.2) is 25.0 Å². The normalized spacial score (nSPS) is 24.4. The molecular formula is C19H35N. The van der Waals surface area contributed by atoms with E-state index in [4.69, 9.17) is 0 Å². The molecule has 0 aromatic carbocycles. The van der Waals surface area contributed by atoms with E-state index >= 15 is 0 Å². The number of allylic oxidation sites excluding steroid dienone is 4. The fourth-order valence-corrected chi connectivity index (χ4v) is 3.46. The van der Waals surface area contributed by atoms with Gasteiger partial charge in [-0.2, -0.15) is 0 Å². The van der Waals surface area contributed by atoms with Gasteiger partial charge in [0.05, 0.1) is 0 Å². The first kappa shape index (κ1) is 19.2. The van der Waals surface area contributed by atoms with Crippen molar-refractivity contribution in [1.82, 2.24) is 4.90 Å². The Morgan fingerprint density at radius 2 is 1.60 bits per heavy atom. The van der Waals surface area contributed by atoms with E-state index in [0.29, 0.717) is 11.3 Å². The van der Waals surface area contributed by atoms with Crippen molar-refractivity contribution in [2.45, 2.75) is 53.9 Å². The average Bonchev–Trinajstić information content (AvgIpc) is 2.78. The third-order valence-electron chi connectivity index (χ3n) is 4.60. The molecule has 1 aliphatic carbocycles. The summed E-state index contributed by atoms with van der Waals surface area (Å²) in [6, 6.07) is 0. The van der Waals surface area contributed by atoms with E-state index in [2.05, 4.69) is 44.2 Å². The van der Waals surface area contributed by atoms with Gasteiger partial charge in [0.1, 0.15) is 0 Å². The molecule has 1 heterocycles. The zero-order valence-corrected chi connectivity index (χ0v) is 14.6. The topological polar surface area (TPSA) is 3.24 Å². The van der Waals surface area contributed by atoms with E-state index in [9.17, 15) is 0 Å². The van der Waals surface area contributed by atoms with E-state index in [0.717, 1.165) is 0 Å². The van der Waals surface area contributed by atoms with Gasteiger partial charge in [-0.15, -0.1) is 6.58 Å². The highest BCUT2D eigenvalue weighted by Crippen LogP contribution is 2.52. The van der Waals surface area contributed by atoms with E-state index in [1.807, 2.05) is 27.7 Å². The number of hydrogen-bond acceptors (Lipinski definition) is 1. The molecule has 0 bridgehead atoms. The first-order chi connectivity index (χ1) is 9.63. The van der Waals surface area contributed by atoms with E-state index < -0.39 is 0 Å². The minimum atomic E-state index is 0.414. The van der Waals surface area contributed by atoms with Crippen LogP contribution < -0.4 is 0 Å². The van der Waals surface area contributed by atoms with Gasteiger partial charge in [-0.1, -0.05) is 52.0 Å². The van der Waals surface area contributed by atoms with Crippen LogP contribution >= 0.6 is 0 Å². The lowest BCUT2D eigenvalue weighted by atomic mass is 9.72. The van der Waals surface area contributed by atoms with Crippen molar-refractivity contribution in [3.63, 3.8) is 0 Å². The van der Waals surface area contributed by atoms with Crippen LogP contribution in [-0.2, 0) is 0 Å². The molecule has 1 spiro atoms. The SMILES string of the molecule is C=CC1=C(C)C(C=C)CC12CCN(C)CC2.CC.CC. The highest BCUT2D eigenvalue weighted by atomic mass is 15.1. The van der Waals surface area contributed by atoms with Crippen LogP contribution in [0.15, 0.2) is 36.5 Å². The minimum absolute atomic E-state index is 0.414. The summed E-state index contributed by atoms with van der Waals surface area (Å²) in [6.45, 7) is 20.7. The van der Waals surface area contributed by atoms with Gasteiger partial charge < -0.3 is 4.90 Å². The van der Waals surface area contributed by atoms with Crippen molar-refractivity contribution >= 4 is 0 Å². The zero-order chi connectivity index (χ0) is 15.8. The predicted molar refractivity (Wildman–Crippen MR) is 93.1 cm³/mol. The molecule has 2 aliphatic rings. The molecule has 1 saturated heterocycles. The highest BCUT2D eigenvalue weighted by Gasteiger charge is 2.43. The molecule has 2 rings (SSSR count). The van der Waals surface area contributed by atoms with Crippen LogP contribution in [0.1, 0.15) is 53.9 Å². The predicted octanol–water partition coefficient (Wildman–Crippen LogP) is 5.46. The molecule has 116 valence electrons. The Kier molecular flexibility index (Phi) is 8.80. The van der Waals surface area contributed by atoms with E-state index in [1.54, 1.807) is 0 Å². The molecule has 1 atom stereocenters. The van der Waals surface area contributed by atoms with E-state index in [1.165, 1.54) is 43.5 Å². The maximum absolute atomic E-state index is 4.02. The third kappa shape index (κ3) is 3.85. The molecule has 0 saturated carbocycles. The summed E-state index contributed by atoms with van der Waals surface area (Å²) in [4.78, 5) is 2.43. The summed E-state index contributed by atoms with van der Waals surface area (Å²) >= 11 is 0. The van der Waals surface area contributed by atoms with Crippen molar-refractivity contribution in [2.75, 3.05) is 20.1 Å². The summed E-state index contributed by atoms with van der Waals surface area (Å²) in [6.07, 6.45) is 8.05. The fraction of sp³-hybridized carbons (Fsp3) is 0.684. The summed E-state index contributed by atoms with van der Waals surface area (Å²) < 4.78 is 0. The maximum Gasteiger partial charge on any atom is -0.00133 e. The van der Waals surface area contributed by atoms with Crippen LogP contribution in [0.5, 0.6) is 0 Å². The Hall–Kier alpha value is -0.820. The minimum Gasteiger partial charge on any atom is -0.306 e. The third-order valence-corrected chi connectivity index (χ3v) is 4.60. The van der Waals surface area contributed by atoms with Gasteiger partial charge in [-0.05, 0) is 63.2 Å². The summed E-state index contributed by atoms with van der Waals surface area (Å²) in [5.74, 6) is 0.580. The molecule has 0 radical (unpaired) electrons. The summed E-state index contributed by atoms with van der Waals surface area (Å²) in [7, 11) is 2.22. The molecule has 20 heavy (non-hydrogen) atoms. The Morgan fingerprint density at radius 3 is 2.00 bits per heavy atom. The lowest BCUT2D eigenvalue weighted by Gasteiger charge is -2.39. The van der Waals surface area contributed by atoms with E-state index in [-0.39, 0.29) is 0 Å². The van der Waals surface area contributed by atoms with Gasteiger partial charge in [-0.25, -0.2) is 0 Å². The number of hydrogen-bond donors (Lipinski definition) is 0. The van der Waals surface area contributed by atoms with Crippen molar-refractivity contribution in [3.8, 4) is 0 Å². The Morgan fingerprint density at radius 1 is 1.10 bits per heavy atom. The van der Waals surface area contributed by atoms with Crippen molar-refractivity contribution in [3.05, 3.63) is 36.5 Å². The summed E-state index contributed by atoms with van der Waals surface area (Å²) in [5.41, 5.74) is 3.44. The fourth-order valence-electron chi connectivity index (χ4n) is 3.46. The largest absolute Gasteiger partial charge is 0.306 e. The molecular weight excluding hydrogens is 242 g/mol. The molecule has 0 aromatic rings. The molecule has 1 unspecified atom stereocenters. The molecule has 0 aromatic heterocycles. The number of likely N-dealkylation sites (tertiary alicyclic amines) is 1.